The summed E-state index contributed by atoms with van der Waals surface area (Å²) in [6, 6.07) is 6.63. The van der Waals surface area contributed by atoms with Gasteiger partial charge in [0.15, 0.2) is 0 Å². The molecule has 0 aliphatic rings. The maximum absolute atomic E-state index is 5.41. The molecule has 96 valence electrons. The highest BCUT2D eigenvalue weighted by molar-refractivity contribution is 5.38. The molecule has 1 aromatic carbocycles. The van der Waals surface area contributed by atoms with E-state index in [9.17, 15) is 0 Å². The van der Waals surface area contributed by atoms with Crippen LogP contribution >= 0.6 is 0 Å². The molecule has 0 radical (unpaired) electrons. The van der Waals surface area contributed by atoms with Crippen molar-refractivity contribution >= 4 is 0 Å². The predicted molar refractivity (Wildman–Crippen MR) is 73.6 cm³/mol. The van der Waals surface area contributed by atoms with Crippen LogP contribution in [0.2, 0.25) is 0 Å². The fourth-order valence-corrected chi connectivity index (χ4v) is 1.76. The highest BCUT2D eigenvalue weighted by Crippen LogP contribution is 2.26. The average Bonchev–Trinajstić information content (AvgIpc) is 2.25. The summed E-state index contributed by atoms with van der Waals surface area (Å²) in [6.07, 6.45) is 0. The number of hydrogen-bond donors (Lipinski definition) is 1. The molecule has 1 N–H and O–H groups in total. The van der Waals surface area contributed by atoms with Crippen molar-refractivity contribution in [2.75, 3.05) is 13.7 Å². The molecular weight excluding hydrogens is 210 g/mol. The first-order valence-corrected chi connectivity index (χ1v) is 6.21. The molecule has 0 saturated heterocycles. The monoisotopic (exact) mass is 235 g/mol. The Morgan fingerprint density at radius 2 is 1.94 bits per heavy atom. The van der Waals surface area contributed by atoms with Gasteiger partial charge in [0.1, 0.15) is 5.75 Å². The highest BCUT2D eigenvalue weighted by Gasteiger charge is 2.15. The van der Waals surface area contributed by atoms with Crippen LogP contribution in [-0.4, -0.2) is 13.7 Å². The molecule has 0 amide bonds. The van der Waals surface area contributed by atoms with E-state index in [-0.39, 0.29) is 0 Å². The zero-order chi connectivity index (χ0) is 13.1. The largest absolute Gasteiger partial charge is 0.496 e. The number of benzene rings is 1. The quantitative estimate of drug-likeness (QED) is 0.859. The molecule has 0 aliphatic heterocycles. The van der Waals surface area contributed by atoms with Gasteiger partial charge in [-0.25, -0.2) is 0 Å². The normalized spacial score (nSPS) is 13.5. The molecule has 1 aromatic rings. The Bertz CT molecular complexity index is 366. The SMILES string of the molecule is COc1ccc(C)cc1C(C)NCC(C)(C)C. The molecule has 0 bridgehead atoms. The number of hydrogen-bond acceptors (Lipinski definition) is 2. The molecule has 0 saturated carbocycles. The Labute approximate surface area is 105 Å². The summed E-state index contributed by atoms with van der Waals surface area (Å²) in [5, 5.41) is 3.56. The molecule has 0 aliphatic carbocycles. The van der Waals surface area contributed by atoms with Gasteiger partial charge in [0, 0.05) is 18.2 Å². The Hall–Kier alpha value is -1.02. The van der Waals surface area contributed by atoms with Gasteiger partial charge in [-0.1, -0.05) is 38.5 Å². The van der Waals surface area contributed by atoms with Crippen molar-refractivity contribution in [1.82, 2.24) is 5.32 Å². The predicted octanol–water partition coefficient (Wildman–Crippen LogP) is 3.70. The molecule has 1 rings (SSSR count). The summed E-state index contributed by atoms with van der Waals surface area (Å²) in [5.74, 6) is 0.963. The summed E-state index contributed by atoms with van der Waals surface area (Å²) < 4.78 is 5.41. The molecule has 2 heteroatoms. The van der Waals surface area contributed by atoms with Crippen LogP contribution < -0.4 is 10.1 Å². The standard InChI is InChI=1S/C15H25NO/c1-11-7-8-14(17-6)13(9-11)12(2)16-10-15(3,4)5/h7-9,12,16H,10H2,1-6H3. The van der Waals surface area contributed by atoms with Gasteiger partial charge in [-0.15, -0.1) is 0 Å². The van der Waals surface area contributed by atoms with E-state index in [1.54, 1.807) is 7.11 Å². The highest BCUT2D eigenvalue weighted by atomic mass is 16.5. The number of rotatable bonds is 4. The van der Waals surface area contributed by atoms with Gasteiger partial charge in [-0.2, -0.15) is 0 Å². The van der Waals surface area contributed by atoms with Crippen LogP contribution in [0.1, 0.15) is 44.9 Å². The van der Waals surface area contributed by atoms with E-state index in [1.807, 2.05) is 6.07 Å². The summed E-state index contributed by atoms with van der Waals surface area (Å²) in [4.78, 5) is 0. The van der Waals surface area contributed by atoms with Crippen molar-refractivity contribution in [2.24, 2.45) is 5.41 Å². The van der Waals surface area contributed by atoms with Crippen LogP contribution in [-0.2, 0) is 0 Å². The first-order chi connectivity index (χ1) is 7.83. The zero-order valence-corrected chi connectivity index (χ0v) is 11.9. The van der Waals surface area contributed by atoms with E-state index in [0.717, 1.165) is 12.3 Å². The first-order valence-electron chi connectivity index (χ1n) is 6.21. The Kier molecular flexibility index (Phi) is 4.58. The zero-order valence-electron chi connectivity index (χ0n) is 11.9. The average molecular weight is 235 g/mol. The first kappa shape index (κ1) is 14.0. The topological polar surface area (TPSA) is 21.3 Å². The number of methoxy groups -OCH3 is 1. The minimum absolute atomic E-state index is 0.297. The Morgan fingerprint density at radius 1 is 1.29 bits per heavy atom. The van der Waals surface area contributed by atoms with Gasteiger partial charge in [-0.3, -0.25) is 0 Å². The third-order valence-electron chi connectivity index (χ3n) is 2.79. The second kappa shape index (κ2) is 5.54. The van der Waals surface area contributed by atoms with Gasteiger partial charge in [-0.05, 0) is 25.3 Å². The van der Waals surface area contributed by atoms with E-state index >= 15 is 0 Å². The van der Waals surface area contributed by atoms with Crippen LogP contribution in [0, 0.1) is 12.3 Å². The van der Waals surface area contributed by atoms with Crippen molar-refractivity contribution < 1.29 is 4.74 Å². The van der Waals surface area contributed by atoms with E-state index < -0.39 is 0 Å². The van der Waals surface area contributed by atoms with Crippen LogP contribution in [0.15, 0.2) is 18.2 Å². The third-order valence-corrected chi connectivity index (χ3v) is 2.79. The lowest BCUT2D eigenvalue weighted by molar-refractivity contribution is 0.351. The second-order valence-corrected chi connectivity index (χ2v) is 5.91. The third kappa shape index (κ3) is 4.39. The smallest absolute Gasteiger partial charge is 0.123 e. The van der Waals surface area contributed by atoms with E-state index in [1.165, 1.54) is 11.1 Å². The molecule has 0 spiro atoms. The second-order valence-electron chi connectivity index (χ2n) is 5.91. The molecule has 17 heavy (non-hydrogen) atoms. The molecular formula is C15H25NO. The van der Waals surface area contributed by atoms with Crippen molar-refractivity contribution in [1.29, 1.82) is 0 Å². The number of ether oxygens (including phenoxy) is 1. The molecule has 1 atom stereocenters. The van der Waals surface area contributed by atoms with Gasteiger partial charge in [0.05, 0.1) is 7.11 Å². The maximum atomic E-state index is 5.41. The van der Waals surface area contributed by atoms with E-state index in [2.05, 4.69) is 52.1 Å². The molecule has 0 aromatic heterocycles. The lowest BCUT2D eigenvalue weighted by Crippen LogP contribution is -2.29. The van der Waals surface area contributed by atoms with Gasteiger partial charge >= 0.3 is 0 Å². The van der Waals surface area contributed by atoms with Crippen LogP contribution in [0.25, 0.3) is 0 Å². The number of nitrogens with one attached hydrogen (secondary N) is 1. The minimum atomic E-state index is 0.297. The van der Waals surface area contributed by atoms with Gasteiger partial charge < -0.3 is 10.1 Å². The van der Waals surface area contributed by atoms with E-state index in [4.69, 9.17) is 4.74 Å². The summed E-state index contributed by atoms with van der Waals surface area (Å²) in [7, 11) is 1.73. The molecule has 1 unspecified atom stereocenters. The lowest BCUT2D eigenvalue weighted by atomic mass is 9.95. The minimum Gasteiger partial charge on any atom is -0.496 e. The lowest BCUT2D eigenvalue weighted by Gasteiger charge is -2.24. The Balaban J connectivity index is 2.80. The number of aryl methyl sites for hydroxylation is 1. The summed E-state index contributed by atoms with van der Waals surface area (Å²) >= 11 is 0. The van der Waals surface area contributed by atoms with Crippen molar-refractivity contribution in [3.63, 3.8) is 0 Å². The molecule has 0 fully saturated rings. The summed E-state index contributed by atoms with van der Waals surface area (Å²) in [6.45, 7) is 12.0. The molecule has 2 nitrogen and oxygen atoms in total. The van der Waals surface area contributed by atoms with Crippen molar-refractivity contribution in [3.8, 4) is 5.75 Å². The van der Waals surface area contributed by atoms with Crippen molar-refractivity contribution in [2.45, 2.75) is 40.7 Å². The van der Waals surface area contributed by atoms with E-state index in [0.29, 0.717) is 11.5 Å². The molecule has 0 heterocycles. The fourth-order valence-electron chi connectivity index (χ4n) is 1.76. The van der Waals surface area contributed by atoms with Crippen LogP contribution in [0.3, 0.4) is 0 Å². The summed E-state index contributed by atoms with van der Waals surface area (Å²) in [5.41, 5.74) is 2.80. The fraction of sp³-hybridized carbons (Fsp3) is 0.600. The van der Waals surface area contributed by atoms with Gasteiger partial charge in [0.2, 0.25) is 0 Å². The maximum Gasteiger partial charge on any atom is 0.123 e. The van der Waals surface area contributed by atoms with Crippen LogP contribution in [0.5, 0.6) is 5.75 Å². The van der Waals surface area contributed by atoms with Crippen LogP contribution in [0.4, 0.5) is 0 Å². The van der Waals surface area contributed by atoms with Crippen molar-refractivity contribution in [3.05, 3.63) is 29.3 Å². The Morgan fingerprint density at radius 3 is 2.47 bits per heavy atom. The van der Waals surface area contributed by atoms with Gasteiger partial charge in [0.25, 0.3) is 0 Å².